The number of hydrogen-bond donors (Lipinski definition) is 4. The minimum atomic E-state index is -1.13. The second kappa shape index (κ2) is 8.35. The van der Waals surface area contributed by atoms with Crippen molar-refractivity contribution in [3.05, 3.63) is 0 Å². The summed E-state index contributed by atoms with van der Waals surface area (Å²) < 4.78 is 10.9. The Bertz CT molecular complexity index is 227. The first kappa shape index (κ1) is 16.2. The molecule has 5 atom stereocenters. The van der Waals surface area contributed by atoms with E-state index in [9.17, 15) is 10.2 Å². The molecule has 5 nitrogen and oxygen atoms in total. The highest BCUT2D eigenvalue weighted by Gasteiger charge is 2.42. The third kappa shape index (κ3) is 4.36. The van der Waals surface area contributed by atoms with Crippen molar-refractivity contribution in [2.75, 3.05) is 13.2 Å². The monoisotopic (exact) mass is 280 g/mol. The standard InChI is InChI=1S/C12H24O5S/c1-2-3-4-5-6-16-12-11(18)10(15)9(14)8(7-13)17-12/h8-15,18H,2-7H2,1H3. The zero-order valence-corrected chi connectivity index (χ0v) is 11.6. The van der Waals surface area contributed by atoms with Gasteiger partial charge in [0.2, 0.25) is 0 Å². The first-order valence-electron chi connectivity index (χ1n) is 6.54. The smallest absolute Gasteiger partial charge is 0.172 e. The zero-order chi connectivity index (χ0) is 13.5. The summed E-state index contributed by atoms with van der Waals surface area (Å²) in [5.41, 5.74) is 0. The Morgan fingerprint density at radius 1 is 1.17 bits per heavy atom. The first-order valence-corrected chi connectivity index (χ1v) is 7.05. The summed E-state index contributed by atoms with van der Waals surface area (Å²) in [6, 6.07) is 0. The molecule has 1 heterocycles. The molecule has 0 bridgehead atoms. The van der Waals surface area contributed by atoms with Gasteiger partial charge < -0.3 is 24.8 Å². The third-order valence-corrected chi connectivity index (χ3v) is 3.68. The molecule has 0 radical (unpaired) electrons. The van der Waals surface area contributed by atoms with E-state index in [4.69, 9.17) is 14.6 Å². The molecule has 0 aromatic rings. The molecule has 1 aliphatic rings. The topological polar surface area (TPSA) is 79.2 Å². The Balaban J connectivity index is 2.35. The molecule has 0 aliphatic carbocycles. The molecule has 1 saturated heterocycles. The number of thiol groups is 1. The van der Waals surface area contributed by atoms with Gasteiger partial charge in [-0.05, 0) is 6.42 Å². The second-order valence-corrected chi connectivity index (χ2v) is 5.23. The summed E-state index contributed by atoms with van der Waals surface area (Å²) in [6.07, 6.45) is 0.657. The van der Waals surface area contributed by atoms with E-state index in [1.54, 1.807) is 0 Å². The van der Waals surface area contributed by atoms with Gasteiger partial charge in [0.15, 0.2) is 6.29 Å². The van der Waals surface area contributed by atoms with Crippen LogP contribution in [0.25, 0.3) is 0 Å². The van der Waals surface area contributed by atoms with Crippen LogP contribution in [-0.2, 0) is 9.47 Å². The summed E-state index contributed by atoms with van der Waals surface area (Å²) in [6.45, 7) is 2.32. The fraction of sp³-hybridized carbons (Fsp3) is 1.00. The highest BCUT2D eigenvalue weighted by molar-refractivity contribution is 7.81. The van der Waals surface area contributed by atoms with Gasteiger partial charge in [0, 0.05) is 6.61 Å². The van der Waals surface area contributed by atoms with Crippen molar-refractivity contribution in [1.82, 2.24) is 0 Å². The molecular formula is C12H24O5S. The van der Waals surface area contributed by atoms with Crippen molar-refractivity contribution >= 4 is 12.6 Å². The minimum Gasteiger partial charge on any atom is -0.394 e. The van der Waals surface area contributed by atoms with E-state index in [-0.39, 0.29) is 6.61 Å². The van der Waals surface area contributed by atoms with Crippen LogP contribution < -0.4 is 0 Å². The molecule has 1 rings (SSSR count). The van der Waals surface area contributed by atoms with Gasteiger partial charge in [-0.15, -0.1) is 0 Å². The Hall–Kier alpha value is 0.150. The molecule has 0 aromatic carbocycles. The van der Waals surface area contributed by atoms with E-state index in [1.807, 2.05) is 0 Å². The average molecular weight is 280 g/mol. The first-order chi connectivity index (χ1) is 8.61. The van der Waals surface area contributed by atoms with E-state index in [0.717, 1.165) is 19.3 Å². The Morgan fingerprint density at radius 2 is 1.89 bits per heavy atom. The highest BCUT2D eigenvalue weighted by Crippen LogP contribution is 2.25. The fourth-order valence-electron chi connectivity index (χ4n) is 1.93. The Kier molecular flexibility index (Phi) is 7.51. The summed E-state index contributed by atoms with van der Waals surface area (Å²) in [7, 11) is 0. The van der Waals surface area contributed by atoms with E-state index in [1.165, 1.54) is 6.42 Å². The Morgan fingerprint density at radius 3 is 2.50 bits per heavy atom. The molecule has 108 valence electrons. The van der Waals surface area contributed by atoms with Crippen molar-refractivity contribution in [3.63, 3.8) is 0 Å². The van der Waals surface area contributed by atoms with Crippen LogP contribution in [0.2, 0.25) is 0 Å². The van der Waals surface area contributed by atoms with Gasteiger partial charge >= 0.3 is 0 Å². The molecule has 1 fully saturated rings. The lowest BCUT2D eigenvalue weighted by Gasteiger charge is -2.40. The maximum absolute atomic E-state index is 9.76. The lowest BCUT2D eigenvalue weighted by molar-refractivity contribution is -0.252. The van der Waals surface area contributed by atoms with Crippen molar-refractivity contribution < 1.29 is 24.8 Å². The van der Waals surface area contributed by atoms with Crippen LogP contribution in [0, 0.1) is 0 Å². The van der Waals surface area contributed by atoms with Gasteiger partial charge in [0.1, 0.15) is 12.2 Å². The van der Waals surface area contributed by atoms with Gasteiger partial charge in [0.25, 0.3) is 0 Å². The summed E-state index contributed by atoms with van der Waals surface area (Å²) >= 11 is 4.19. The molecule has 6 heteroatoms. The third-order valence-electron chi connectivity index (χ3n) is 3.13. The van der Waals surface area contributed by atoms with Crippen molar-refractivity contribution in [1.29, 1.82) is 0 Å². The molecular weight excluding hydrogens is 256 g/mol. The Labute approximate surface area is 114 Å². The summed E-state index contributed by atoms with van der Waals surface area (Å²) in [4.78, 5) is 0. The van der Waals surface area contributed by atoms with Crippen molar-refractivity contribution in [2.24, 2.45) is 0 Å². The zero-order valence-electron chi connectivity index (χ0n) is 10.7. The number of hydrogen-bond acceptors (Lipinski definition) is 6. The quantitative estimate of drug-likeness (QED) is 0.399. The number of aliphatic hydroxyl groups excluding tert-OH is 3. The lowest BCUT2D eigenvalue weighted by Crippen LogP contribution is -2.57. The number of aliphatic hydroxyl groups is 3. The number of rotatable bonds is 7. The molecule has 18 heavy (non-hydrogen) atoms. The van der Waals surface area contributed by atoms with E-state index >= 15 is 0 Å². The molecule has 3 N–H and O–H groups in total. The van der Waals surface area contributed by atoms with Crippen LogP contribution >= 0.6 is 12.6 Å². The van der Waals surface area contributed by atoms with Crippen LogP contribution in [-0.4, -0.2) is 58.4 Å². The summed E-state index contributed by atoms with van der Waals surface area (Å²) in [5.74, 6) is 0. The van der Waals surface area contributed by atoms with E-state index in [2.05, 4.69) is 19.6 Å². The molecule has 1 aliphatic heterocycles. The van der Waals surface area contributed by atoms with Crippen molar-refractivity contribution in [3.8, 4) is 0 Å². The normalized spacial score (nSPS) is 36.8. The van der Waals surface area contributed by atoms with Gasteiger partial charge in [-0.3, -0.25) is 0 Å². The van der Waals surface area contributed by atoms with E-state index in [0.29, 0.717) is 6.61 Å². The maximum Gasteiger partial charge on any atom is 0.172 e. The van der Waals surface area contributed by atoms with Gasteiger partial charge in [-0.25, -0.2) is 0 Å². The van der Waals surface area contributed by atoms with Gasteiger partial charge in [-0.1, -0.05) is 26.2 Å². The largest absolute Gasteiger partial charge is 0.394 e. The lowest BCUT2D eigenvalue weighted by atomic mass is 10.0. The number of ether oxygens (including phenoxy) is 2. The van der Waals surface area contributed by atoms with Crippen LogP contribution in [0.5, 0.6) is 0 Å². The fourth-order valence-corrected chi connectivity index (χ4v) is 2.27. The van der Waals surface area contributed by atoms with Crippen LogP contribution in [0.1, 0.15) is 32.6 Å². The average Bonchev–Trinajstić information content (AvgIpc) is 2.38. The van der Waals surface area contributed by atoms with Crippen LogP contribution in [0.3, 0.4) is 0 Å². The predicted molar refractivity (Wildman–Crippen MR) is 70.6 cm³/mol. The van der Waals surface area contributed by atoms with Gasteiger partial charge in [-0.2, -0.15) is 12.6 Å². The molecule has 0 saturated carbocycles. The van der Waals surface area contributed by atoms with Crippen LogP contribution in [0.4, 0.5) is 0 Å². The molecule has 0 spiro atoms. The predicted octanol–water partition coefficient (Wildman–Crippen LogP) is 0.321. The van der Waals surface area contributed by atoms with Crippen molar-refractivity contribution in [2.45, 2.75) is 62.5 Å². The minimum absolute atomic E-state index is 0.353. The van der Waals surface area contributed by atoms with Gasteiger partial charge in [0.05, 0.1) is 18.0 Å². The molecule has 0 amide bonds. The molecule has 5 unspecified atom stereocenters. The molecule has 0 aromatic heterocycles. The van der Waals surface area contributed by atoms with Crippen LogP contribution in [0.15, 0.2) is 0 Å². The number of unbranched alkanes of at least 4 members (excludes halogenated alkanes) is 3. The highest BCUT2D eigenvalue weighted by atomic mass is 32.1. The SMILES string of the molecule is CCCCCCOC1OC(CO)C(O)C(O)C1S. The maximum atomic E-state index is 9.76. The summed E-state index contributed by atoms with van der Waals surface area (Å²) in [5, 5.41) is 27.8. The van der Waals surface area contributed by atoms with E-state index < -0.39 is 29.9 Å². The second-order valence-electron chi connectivity index (χ2n) is 4.63.